The molecule has 18 heavy (non-hydrogen) atoms. The molecule has 0 amide bonds. The summed E-state index contributed by atoms with van der Waals surface area (Å²) in [6, 6.07) is 3.19. The fraction of sp³-hybridized carbons (Fsp3) is 0.643. The molecule has 0 spiro atoms. The smallest absolute Gasteiger partial charge is 0.373 e. The van der Waals surface area contributed by atoms with Crippen LogP contribution in [-0.2, 0) is 4.74 Å². The van der Waals surface area contributed by atoms with E-state index >= 15 is 0 Å². The molecule has 1 aliphatic carbocycles. The molecule has 1 fully saturated rings. The number of methoxy groups -OCH3 is 1. The van der Waals surface area contributed by atoms with Crippen LogP contribution in [-0.4, -0.2) is 13.1 Å². The molecule has 0 saturated heterocycles. The van der Waals surface area contributed by atoms with Crippen molar-refractivity contribution in [3.63, 3.8) is 0 Å². The molecule has 1 saturated carbocycles. The number of esters is 1. The summed E-state index contributed by atoms with van der Waals surface area (Å²) in [5, 5.41) is 0. The Morgan fingerprint density at radius 2 is 1.89 bits per heavy atom. The Kier molecular flexibility index (Phi) is 2.81. The van der Waals surface area contributed by atoms with E-state index in [4.69, 9.17) is 10.2 Å². The molecule has 0 aliphatic heterocycles. The Labute approximate surface area is 107 Å². The summed E-state index contributed by atoms with van der Waals surface area (Å²) in [6.07, 6.45) is 0. The highest BCUT2D eigenvalue weighted by atomic mass is 16.5. The summed E-state index contributed by atoms with van der Waals surface area (Å²) in [5.41, 5.74) is 6.63. The second-order valence-corrected chi connectivity index (χ2v) is 6.14. The van der Waals surface area contributed by atoms with Gasteiger partial charge in [0.1, 0.15) is 5.76 Å². The zero-order valence-electron chi connectivity index (χ0n) is 11.6. The lowest BCUT2D eigenvalue weighted by atomic mass is 10.0. The predicted molar refractivity (Wildman–Crippen MR) is 68.0 cm³/mol. The van der Waals surface area contributed by atoms with Gasteiger partial charge in [-0.2, -0.15) is 0 Å². The first-order valence-electron chi connectivity index (χ1n) is 6.17. The number of ether oxygens (including phenoxy) is 1. The van der Waals surface area contributed by atoms with Crippen LogP contribution in [0.3, 0.4) is 0 Å². The third kappa shape index (κ3) is 1.67. The molecule has 0 radical (unpaired) electrons. The summed E-state index contributed by atoms with van der Waals surface area (Å²) in [4.78, 5) is 11.3. The molecule has 1 aliphatic rings. The third-order valence-electron chi connectivity index (χ3n) is 4.83. The van der Waals surface area contributed by atoms with Gasteiger partial charge in [0, 0.05) is 0 Å². The number of nitrogens with two attached hydrogens (primary N) is 1. The van der Waals surface area contributed by atoms with Crippen molar-refractivity contribution < 1.29 is 13.9 Å². The van der Waals surface area contributed by atoms with E-state index in [1.54, 1.807) is 12.1 Å². The highest BCUT2D eigenvalue weighted by molar-refractivity contribution is 5.86. The Hall–Kier alpha value is -1.29. The zero-order chi connectivity index (χ0) is 13.7. The van der Waals surface area contributed by atoms with E-state index in [2.05, 4.69) is 32.4 Å². The van der Waals surface area contributed by atoms with Crippen LogP contribution in [0.2, 0.25) is 0 Å². The van der Waals surface area contributed by atoms with Crippen molar-refractivity contribution in [2.24, 2.45) is 22.5 Å². The first kappa shape index (κ1) is 13.1. The van der Waals surface area contributed by atoms with E-state index in [0.717, 1.165) is 0 Å². The van der Waals surface area contributed by atoms with Crippen LogP contribution in [0.15, 0.2) is 16.5 Å². The molecule has 0 bridgehead atoms. The lowest BCUT2D eigenvalue weighted by Gasteiger charge is -2.10. The number of carbonyl (C=O) groups is 1. The summed E-state index contributed by atoms with van der Waals surface area (Å²) in [7, 11) is 1.33. The molecule has 2 N–H and O–H groups in total. The molecule has 1 atom stereocenters. The summed E-state index contributed by atoms with van der Waals surface area (Å²) in [6.45, 7) is 8.84. The Bertz CT molecular complexity index is 459. The van der Waals surface area contributed by atoms with Crippen molar-refractivity contribution in [3.05, 3.63) is 23.7 Å². The molecule has 4 heteroatoms. The second-order valence-electron chi connectivity index (χ2n) is 6.14. The van der Waals surface area contributed by atoms with Gasteiger partial charge >= 0.3 is 5.97 Å². The highest BCUT2D eigenvalue weighted by Crippen LogP contribution is 2.71. The van der Waals surface area contributed by atoms with E-state index < -0.39 is 5.97 Å². The molecular formula is C14H21NO3. The van der Waals surface area contributed by atoms with Crippen LogP contribution in [0.1, 0.15) is 50.1 Å². The monoisotopic (exact) mass is 251 g/mol. The van der Waals surface area contributed by atoms with Crippen molar-refractivity contribution in [1.82, 2.24) is 0 Å². The van der Waals surface area contributed by atoms with Crippen LogP contribution in [0.4, 0.5) is 0 Å². The molecule has 1 unspecified atom stereocenters. The van der Waals surface area contributed by atoms with Gasteiger partial charge < -0.3 is 14.9 Å². The van der Waals surface area contributed by atoms with Crippen LogP contribution in [0, 0.1) is 16.7 Å². The normalized spacial score (nSPS) is 22.6. The van der Waals surface area contributed by atoms with Gasteiger partial charge in [0.15, 0.2) is 0 Å². The molecule has 0 aromatic carbocycles. The van der Waals surface area contributed by atoms with Crippen LogP contribution < -0.4 is 5.73 Å². The van der Waals surface area contributed by atoms with E-state index in [-0.39, 0.29) is 22.6 Å². The summed E-state index contributed by atoms with van der Waals surface area (Å²) < 4.78 is 10.1. The van der Waals surface area contributed by atoms with Crippen LogP contribution in [0.5, 0.6) is 0 Å². The molecule has 1 aromatic heterocycles. The van der Waals surface area contributed by atoms with Gasteiger partial charge in [0.05, 0.1) is 13.2 Å². The number of furan rings is 1. The fourth-order valence-electron chi connectivity index (χ4n) is 3.05. The van der Waals surface area contributed by atoms with Crippen molar-refractivity contribution in [2.45, 2.75) is 33.7 Å². The minimum Gasteiger partial charge on any atom is -0.463 e. The van der Waals surface area contributed by atoms with E-state index in [1.807, 2.05) is 0 Å². The molecule has 1 heterocycles. The summed E-state index contributed by atoms with van der Waals surface area (Å²) in [5.74, 6) is 0.739. The first-order valence-corrected chi connectivity index (χ1v) is 6.17. The maximum atomic E-state index is 11.3. The Morgan fingerprint density at radius 1 is 1.33 bits per heavy atom. The SMILES string of the molecule is COC(=O)c1ccc(C(N)C2C(C)(C)C2(C)C)o1. The summed E-state index contributed by atoms with van der Waals surface area (Å²) >= 11 is 0. The second kappa shape index (κ2) is 3.85. The first-order chi connectivity index (χ1) is 8.23. The lowest BCUT2D eigenvalue weighted by Crippen LogP contribution is -2.15. The maximum Gasteiger partial charge on any atom is 0.373 e. The zero-order valence-corrected chi connectivity index (χ0v) is 11.6. The third-order valence-corrected chi connectivity index (χ3v) is 4.83. The van der Waals surface area contributed by atoms with Gasteiger partial charge in [-0.1, -0.05) is 27.7 Å². The average molecular weight is 251 g/mol. The molecule has 1 aromatic rings. The van der Waals surface area contributed by atoms with E-state index in [9.17, 15) is 4.79 Å². The van der Waals surface area contributed by atoms with Crippen LogP contribution >= 0.6 is 0 Å². The number of hydrogen-bond acceptors (Lipinski definition) is 4. The standard InChI is InChI=1S/C14H21NO3/c1-13(2)11(14(13,3)4)10(15)8-6-7-9(18-8)12(16)17-5/h6-7,10-11H,15H2,1-5H3. The molecule has 100 valence electrons. The Balaban J connectivity index is 2.19. The number of hydrogen-bond donors (Lipinski definition) is 1. The Morgan fingerprint density at radius 3 is 2.33 bits per heavy atom. The number of carbonyl (C=O) groups excluding carboxylic acids is 1. The molecule has 2 rings (SSSR count). The molecular weight excluding hydrogens is 230 g/mol. The fourth-order valence-corrected chi connectivity index (χ4v) is 3.05. The van der Waals surface area contributed by atoms with Crippen molar-refractivity contribution >= 4 is 5.97 Å². The largest absolute Gasteiger partial charge is 0.463 e. The highest BCUT2D eigenvalue weighted by Gasteiger charge is 2.67. The van der Waals surface area contributed by atoms with E-state index in [1.165, 1.54) is 7.11 Å². The quantitative estimate of drug-likeness (QED) is 0.839. The van der Waals surface area contributed by atoms with Crippen molar-refractivity contribution in [1.29, 1.82) is 0 Å². The van der Waals surface area contributed by atoms with Gasteiger partial charge in [-0.05, 0) is 28.9 Å². The van der Waals surface area contributed by atoms with Gasteiger partial charge in [0.25, 0.3) is 0 Å². The van der Waals surface area contributed by atoms with Crippen molar-refractivity contribution in [3.8, 4) is 0 Å². The van der Waals surface area contributed by atoms with Crippen LogP contribution in [0.25, 0.3) is 0 Å². The van der Waals surface area contributed by atoms with E-state index in [0.29, 0.717) is 11.7 Å². The van der Waals surface area contributed by atoms with Crippen molar-refractivity contribution in [2.75, 3.05) is 7.11 Å². The average Bonchev–Trinajstić information content (AvgIpc) is 2.70. The topological polar surface area (TPSA) is 65.5 Å². The minimum atomic E-state index is -0.470. The van der Waals surface area contributed by atoms with Gasteiger partial charge in [-0.15, -0.1) is 0 Å². The molecule has 4 nitrogen and oxygen atoms in total. The predicted octanol–water partition coefficient (Wildman–Crippen LogP) is 2.75. The lowest BCUT2D eigenvalue weighted by molar-refractivity contribution is 0.0562. The van der Waals surface area contributed by atoms with Gasteiger partial charge in [-0.3, -0.25) is 0 Å². The van der Waals surface area contributed by atoms with Gasteiger partial charge in [0.2, 0.25) is 5.76 Å². The maximum absolute atomic E-state index is 11.3. The minimum absolute atomic E-state index is 0.185. The van der Waals surface area contributed by atoms with Gasteiger partial charge in [-0.25, -0.2) is 4.79 Å². The number of rotatable bonds is 3.